The number of carbonyl (C=O) groups is 1. The van der Waals surface area contributed by atoms with Crippen molar-refractivity contribution in [2.24, 2.45) is 0 Å². The standard InChI is InChI=1S/C11H21F3N2O/c1-5-15-9(4)6-10(17)16(8(2)3)7-11(12,13)14/h8-9,15H,5-7H2,1-4H3. The van der Waals surface area contributed by atoms with E-state index in [1.54, 1.807) is 20.8 Å². The second-order valence-corrected chi connectivity index (χ2v) is 4.39. The molecule has 0 aromatic carbocycles. The van der Waals surface area contributed by atoms with Gasteiger partial charge in [-0.25, -0.2) is 0 Å². The lowest BCUT2D eigenvalue weighted by Gasteiger charge is -2.29. The number of carbonyl (C=O) groups excluding carboxylic acids is 1. The first kappa shape index (κ1) is 16.2. The van der Waals surface area contributed by atoms with Crippen molar-refractivity contribution in [3.05, 3.63) is 0 Å². The maximum absolute atomic E-state index is 12.3. The smallest absolute Gasteiger partial charge is 0.331 e. The molecule has 1 atom stereocenters. The molecule has 0 saturated carbocycles. The molecule has 0 aliphatic rings. The van der Waals surface area contributed by atoms with E-state index in [1.807, 2.05) is 6.92 Å². The van der Waals surface area contributed by atoms with Crippen molar-refractivity contribution in [3.8, 4) is 0 Å². The summed E-state index contributed by atoms with van der Waals surface area (Å²) in [7, 11) is 0. The van der Waals surface area contributed by atoms with Gasteiger partial charge in [-0.15, -0.1) is 0 Å². The van der Waals surface area contributed by atoms with Crippen molar-refractivity contribution in [2.45, 2.75) is 52.4 Å². The molecule has 1 N–H and O–H groups in total. The third-order valence-corrected chi connectivity index (χ3v) is 2.33. The largest absolute Gasteiger partial charge is 0.406 e. The van der Waals surface area contributed by atoms with Crippen LogP contribution in [0.3, 0.4) is 0 Å². The van der Waals surface area contributed by atoms with E-state index >= 15 is 0 Å². The molecule has 3 nitrogen and oxygen atoms in total. The number of halogens is 3. The van der Waals surface area contributed by atoms with Crippen LogP contribution in [0, 0.1) is 0 Å². The summed E-state index contributed by atoms with van der Waals surface area (Å²) in [4.78, 5) is 12.6. The molecule has 0 spiro atoms. The quantitative estimate of drug-likeness (QED) is 0.788. The fourth-order valence-electron chi connectivity index (χ4n) is 1.55. The number of rotatable bonds is 6. The lowest BCUT2D eigenvalue weighted by atomic mass is 10.2. The van der Waals surface area contributed by atoms with Gasteiger partial charge in [0.25, 0.3) is 0 Å². The molecule has 1 unspecified atom stereocenters. The Balaban J connectivity index is 4.45. The van der Waals surface area contributed by atoms with Crippen molar-refractivity contribution in [2.75, 3.05) is 13.1 Å². The molecule has 17 heavy (non-hydrogen) atoms. The fraction of sp³-hybridized carbons (Fsp3) is 0.909. The van der Waals surface area contributed by atoms with Crippen molar-refractivity contribution in [1.82, 2.24) is 10.2 Å². The van der Waals surface area contributed by atoms with Gasteiger partial charge in [-0.1, -0.05) is 6.92 Å². The van der Waals surface area contributed by atoms with Crippen molar-refractivity contribution in [3.63, 3.8) is 0 Å². The lowest BCUT2D eigenvalue weighted by molar-refractivity contribution is -0.164. The molecule has 6 heteroatoms. The summed E-state index contributed by atoms with van der Waals surface area (Å²) in [6, 6.07) is -0.556. The lowest BCUT2D eigenvalue weighted by Crippen LogP contribution is -2.45. The second-order valence-electron chi connectivity index (χ2n) is 4.39. The molecule has 0 bridgehead atoms. The van der Waals surface area contributed by atoms with Gasteiger partial charge in [0.05, 0.1) is 0 Å². The van der Waals surface area contributed by atoms with Crippen LogP contribution in [0.25, 0.3) is 0 Å². The molecule has 1 amide bonds. The van der Waals surface area contributed by atoms with Crippen molar-refractivity contribution < 1.29 is 18.0 Å². The summed E-state index contributed by atoms with van der Waals surface area (Å²) in [6.45, 7) is 6.35. The van der Waals surface area contributed by atoms with Crippen LogP contribution in [0.15, 0.2) is 0 Å². The molecule has 0 aromatic heterocycles. The first-order valence-corrected chi connectivity index (χ1v) is 5.77. The van der Waals surface area contributed by atoms with Crippen LogP contribution in [0.4, 0.5) is 13.2 Å². The highest BCUT2D eigenvalue weighted by molar-refractivity contribution is 5.77. The summed E-state index contributed by atoms with van der Waals surface area (Å²) in [5, 5.41) is 3.00. The van der Waals surface area contributed by atoms with Crippen LogP contribution in [0.5, 0.6) is 0 Å². The van der Waals surface area contributed by atoms with E-state index in [9.17, 15) is 18.0 Å². The van der Waals surface area contributed by atoms with E-state index in [2.05, 4.69) is 5.32 Å². The fourth-order valence-corrected chi connectivity index (χ4v) is 1.55. The van der Waals surface area contributed by atoms with Crippen LogP contribution in [-0.2, 0) is 4.79 Å². The molecule has 0 heterocycles. The third kappa shape index (κ3) is 7.20. The van der Waals surface area contributed by atoms with E-state index in [0.717, 1.165) is 4.90 Å². The molecule has 0 aliphatic carbocycles. The van der Waals surface area contributed by atoms with Crippen LogP contribution in [-0.4, -0.2) is 42.2 Å². The van der Waals surface area contributed by atoms with Gasteiger partial charge in [0.2, 0.25) is 5.91 Å². The Morgan fingerprint density at radius 1 is 1.29 bits per heavy atom. The molecular weight excluding hydrogens is 233 g/mol. The molecule has 0 saturated heterocycles. The molecule has 0 radical (unpaired) electrons. The summed E-state index contributed by atoms with van der Waals surface area (Å²) in [6.07, 6.45) is -4.26. The maximum Gasteiger partial charge on any atom is 0.406 e. The van der Waals surface area contributed by atoms with Crippen molar-refractivity contribution in [1.29, 1.82) is 0 Å². The van der Waals surface area contributed by atoms with Crippen molar-refractivity contribution >= 4 is 5.91 Å². The predicted molar refractivity (Wildman–Crippen MR) is 60.7 cm³/mol. The summed E-state index contributed by atoms with van der Waals surface area (Å²) < 4.78 is 36.9. The van der Waals surface area contributed by atoms with Crippen LogP contribution >= 0.6 is 0 Å². The second kappa shape index (κ2) is 6.83. The monoisotopic (exact) mass is 254 g/mol. The van der Waals surface area contributed by atoms with Crippen LogP contribution in [0.2, 0.25) is 0 Å². The molecule has 0 aliphatic heterocycles. The average Bonchev–Trinajstić information content (AvgIpc) is 2.12. The normalized spacial score (nSPS) is 13.9. The Labute approximate surface area is 100 Å². The predicted octanol–water partition coefficient (Wildman–Crippen LogP) is 2.17. The SMILES string of the molecule is CCNC(C)CC(=O)N(CC(F)(F)F)C(C)C. The van der Waals surface area contributed by atoms with Gasteiger partial charge in [0.15, 0.2) is 0 Å². The Morgan fingerprint density at radius 3 is 2.18 bits per heavy atom. The molecule has 0 aromatic rings. The van der Waals surface area contributed by atoms with Crippen LogP contribution in [0.1, 0.15) is 34.1 Å². The highest BCUT2D eigenvalue weighted by Crippen LogP contribution is 2.18. The first-order valence-electron chi connectivity index (χ1n) is 5.77. The minimum Gasteiger partial charge on any atom is -0.331 e. The zero-order valence-corrected chi connectivity index (χ0v) is 10.8. The van der Waals surface area contributed by atoms with Gasteiger partial charge in [0.1, 0.15) is 6.54 Å². The zero-order chi connectivity index (χ0) is 13.6. The molecular formula is C11H21F3N2O. The minimum atomic E-state index is -4.35. The van der Waals surface area contributed by atoms with Gasteiger partial charge in [-0.3, -0.25) is 4.79 Å². The topological polar surface area (TPSA) is 32.3 Å². The van der Waals surface area contributed by atoms with E-state index < -0.39 is 24.7 Å². The van der Waals surface area contributed by atoms with Gasteiger partial charge in [0, 0.05) is 18.5 Å². The molecule has 102 valence electrons. The van der Waals surface area contributed by atoms with E-state index in [-0.39, 0.29) is 12.5 Å². The van der Waals surface area contributed by atoms with Gasteiger partial charge in [-0.2, -0.15) is 13.2 Å². The Morgan fingerprint density at radius 2 is 1.82 bits per heavy atom. The number of amides is 1. The number of alkyl halides is 3. The molecule has 0 rings (SSSR count). The minimum absolute atomic E-state index is 0.0854. The summed E-state index contributed by atoms with van der Waals surface area (Å²) in [5.41, 5.74) is 0. The molecule has 0 fully saturated rings. The van der Waals surface area contributed by atoms with Crippen LogP contribution < -0.4 is 5.32 Å². The van der Waals surface area contributed by atoms with E-state index in [0.29, 0.717) is 6.54 Å². The Bertz CT molecular complexity index is 241. The number of hydrogen-bond acceptors (Lipinski definition) is 2. The highest BCUT2D eigenvalue weighted by Gasteiger charge is 2.34. The summed E-state index contributed by atoms with van der Waals surface area (Å²) >= 11 is 0. The maximum atomic E-state index is 12.3. The average molecular weight is 254 g/mol. The highest BCUT2D eigenvalue weighted by atomic mass is 19.4. The van der Waals surface area contributed by atoms with E-state index in [1.165, 1.54) is 0 Å². The third-order valence-electron chi connectivity index (χ3n) is 2.33. The van der Waals surface area contributed by atoms with Gasteiger partial charge in [-0.05, 0) is 27.3 Å². The number of nitrogens with one attached hydrogen (secondary N) is 1. The first-order chi connectivity index (χ1) is 7.67. The van der Waals surface area contributed by atoms with Gasteiger partial charge >= 0.3 is 6.18 Å². The Kier molecular flexibility index (Phi) is 6.52. The number of hydrogen-bond donors (Lipinski definition) is 1. The zero-order valence-electron chi connectivity index (χ0n) is 10.8. The Hall–Kier alpha value is -0.780. The van der Waals surface area contributed by atoms with E-state index in [4.69, 9.17) is 0 Å². The van der Waals surface area contributed by atoms with Gasteiger partial charge < -0.3 is 10.2 Å². The number of nitrogens with zero attached hydrogens (tertiary/aromatic N) is 1. The summed E-state index contributed by atoms with van der Waals surface area (Å²) in [5.74, 6) is -0.467.